The SMILES string of the molecule is CCC[C@H](NC(=O)c1ccc2[nH]nc(NC(=O)c3ccc(N4CCN(C)CC4)cc3)c2c1)c1ccccc1F. The third-order valence-corrected chi connectivity index (χ3v) is 7.22. The van der Waals surface area contributed by atoms with E-state index in [0.717, 1.165) is 38.3 Å². The normalized spacial score (nSPS) is 14.8. The standard InChI is InChI=1S/C30H33FN6O2/c1-3-6-26(23-7-4-5-8-25(23)31)32-30(39)21-11-14-27-24(19-21)28(35-34-27)33-29(38)20-9-12-22(13-10-20)37-17-15-36(2)16-18-37/h4-5,7-14,19,26H,3,6,15-18H2,1-2H3,(H,32,39)(H2,33,34,35,38)/t26-/m0/s1. The van der Waals surface area contributed by atoms with Crippen LogP contribution in [0.1, 0.15) is 52.1 Å². The number of aromatic nitrogens is 2. The molecule has 3 N–H and O–H groups in total. The van der Waals surface area contributed by atoms with E-state index in [4.69, 9.17) is 0 Å². The quantitative estimate of drug-likeness (QED) is 0.300. The lowest BCUT2D eigenvalue weighted by Gasteiger charge is -2.34. The van der Waals surface area contributed by atoms with Crippen molar-refractivity contribution in [3.8, 4) is 0 Å². The third kappa shape index (κ3) is 5.93. The van der Waals surface area contributed by atoms with Crippen molar-refractivity contribution in [2.75, 3.05) is 43.4 Å². The summed E-state index contributed by atoms with van der Waals surface area (Å²) >= 11 is 0. The molecule has 1 saturated heterocycles. The monoisotopic (exact) mass is 528 g/mol. The van der Waals surface area contributed by atoms with Gasteiger partial charge in [-0.25, -0.2) is 4.39 Å². The predicted molar refractivity (Wildman–Crippen MR) is 152 cm³/mol. The number of anilines is 2. The Balaban J connectivity index is 1.30. The topological polar surface area (TPSA) is 93.4 Å². The minimum absolute atomic E-state index is 0.286. The summed E-state index contributed by atoms with van der Waals surface area (Å²) in [7, 11) is 2.12. The van der Waals surface area contributed by atoms with E-state index < -0.39 is 6.04 Å². The first-order chi connectivity index (χ1) is 18.9. The number of carbonyl (C=O) groups is 2. The van der Waals surface area contributed by atoms with E-state index >= 15 is 0 Å². The molecule has 2 heterocycles. The van der Waals surface area contributed by atoms with Gasteiger partial charge in [0.1, 0.15) is 5.82 Å². The number of hydrogen-bond acceptors (Lipinski definition) is 5. The van der Waals surface area contributed by atoms with Gasteiger partial charge in [0.15, 0.2) is 5.82 Å². The van der Waals surface area contributed by atoms with Crippen molar-refractivity contribution in [3.63, 3.8) is 0 Å². The van der Waals surface area contributed by atoms with E-state index in [2.05, 4.69) is 37.7 Å². The molecule has 0 aliphatic carbocycles. The zero-order chi connectivity index (χ0) is 27.4. The lowest BCUT2D eigenvalue weighted by atomic mass is 10.0. The maximum absolute atomic E-state index is 14.4. The van der Waals surface area contributed by atoms with Crippen molar-refractivity contribution < 1.29 is 14.0 Å². The van der Waals surface area contributed by atoms with Crippen LogP contribution in [0.3, 0.4) is 0 Å². The zero-order valence-corrected chi connectivity index (χ0v) is 22.2. The van der Waals surface area contributed by atoms with Crippen LogP contribution in [0.5, 0.6) is 0 Å². The summed E-state index contributed by atoms with van der Waals surface area (Å²) in [4.78, 5) is 30.8. The van der Waals surface area contributed by atoms with Gasteiger partial charge in [0.2, 0.25) is 0 Å². The number of nitrogens with one attached hydrogen (secondary N) is 3. The van der Waals surface area contributed by atoms with Gasteiger partial charge in [-0.15, -0.1) is 0 Å². The molecule has 8 nitrogen and oxygen atoms in total. The summed E-state index contributed by atoms with van der Waals surface area (Å²) < 4.78 is 14.4. The fourth-order valence-electron chi connectivity index (χ4n) is 4.91. The Labute approximate surface area is 227 Å². The van der Waals surface area contributed by atoms with Crippen molar-refractivity contribution in [1.29, 1.82) is 0 Å². The van der Waals surface area contributed by atoms with Crippen LogP contribution in [-0.4, -0.2) is 60.1 Å². The zero-order valence-electron chi connectivity index (χ0n) is 22.2. The van der Waals surface area contributed by atoms with Crippen LogP contribution >= 0.6 is 0 Å². The molecule has 0 unspecified atom stereocenters. The first kappa shape index (κ1) is 26.4. The van der Waals surface area contributed by atoms with Crippen molar-refractivity contribution in [3.05, 3.63) is 89.2 Å². The van der Waals surface area contributed by atoms with E-state index in [-0.39, 0.29) is 17.6 Å². The van der Waals surface area contributed by atoms with E-state index in [9.17, 15) is 14.0 Å². The molecule has 0 spiro atoms. The van der Waals surface area contributed by atoms with Crippen molar-refractivity contribution in [2.24, 2.45) is 0 Å². The minimum Gasteiger partial charge on any atom is -0.369 e. The van der Waals surface area contributed by atoms with Gasteiger partial charge in [-0.2, -0.15) is 5.10 Å². The first-order valence-corrected chi connectivity index (χ1v) is 13.3. The van der Waals surface area contributed by atoms with E-state index in [1.807, 2.05) is 31.2 Å². The number of amides is 2. The van der Waals surface area contributed by atoms with Gasteiger partial charge < -0.3 is 20.4 Å². The number of aromatic amines is 1. The largest absolute Gasteiger partial charge is 0.369 e. The number of benzene rings is 3. The number of fused-ring (bicyclic) bond motifs is 1. The molecular formula is C30H33FN6O2. The lowest BCUT2D eigenvalue weighted by Crippen LogP contribution is -2.44. The molecule has 1 aliphatic rings. The molecule has 202 valence electrons. The molecule has 9 heteroatoms. The maximum Gasteiger partial charge on any atom is 0.256 e. The fraction of sp³-hybridized carbons (Fsp3) is 0.300. The molecule has 1 fully saturated rings. The van der Waals surface area contributed by atoms with E-state index in [1.54, 1.807) is 36.4 Å². The minimum atomic E-state index is -0.447. The highest BCUT2D eigenvalue weighted by Gasteiger charge is 2.20. The molecule has 1 aliphatic heterocycles. The number of likely N-dealkylation sites (N-methyl/N-ethyl adjacent to an activating group) is 1. The van der Waals surface area contributed by atoms with Gasteiger partial charge >= 0.3 is 0 Å². The van der Waals surface area contributed by atoms with Gasteiger partial charge in [-0.05, 0) is 62.0 Å². The van der Waals surface area contributed by atoms with Crippen molar-refractivity contribution in [2.45, 2.75) is 25.8 Å². The van der Waals surface area contributed by atoms with Crippen LogP contribution in [0.2, 0.25) is 0 Å². The van der Waals surface area contributed by atoms with Crippen LogP contribution in [-0.2, 0) is 0 Å². The number of carbonyl (C=O) groups excluding carboxylic acids is 2. The van der Waals surface area contributed by atoms with Gasteiger partial charge in [0, 0.05) is 53.9 Å². The molecule has 39 heavy (non-hydrogen) atoms. The summed E-state index contributed by atoms with van der Waals surface area (Å²) in [6, 6.07) is 18.7. The Bertz CT molecular complexity index is 1460. The molecule has 1 aromatic heterocycles. The Morgan fingerprint density at radius 2 is 1.69 bits per heavy atom. The number of rotatable bonds is 8. The van der Waals surface area contributed by atoms with Gasteiger partial charge in [-0.3, -0.25) is 14.7 Å². The van der Waals surface area contributed by atoms with E-state index in [1.165, 1.54) is 6.07 Å². The average Bonchev–Trinajstić information content (AvgIpc) is 3.35. The van der Waals surface area contributed by atoms with Crippen LogP contribution in [0.15, 0.2) is 66.7 Å². The Kier molecular flexibility index (Phi) is 7.88. The number of nitrogens with zero attached hydrogens (tertiary/aromatic N) is 3. The predicted octanol–water partition coefficient (Wildman–Crippen LogP) is 4.98. The summed E-state index contributed by atoms with van der Waals surface area (Å²) in [5, 5.41) is 13.6. The molecule has 5 rings (SSSR count). The van der Waals surface area contributed by atoms with Crippen LogP contribution < -0.4 is 15.5 Å². The molecule has 0 saturated carbocycles. The van der Waals surface area contributed by atoms with Crippen molar-refractivity contribution in [1.82, 2.24) is 20.4 Å². The van der Waals surface area contributed by atoms with Crippen molar-refractivity contribution >= 4 is 34.2 Å². The number of halogens is 1. The smallest absolute Gasteiger partial charge is 0.256 e. The summed E-state index contributed by atoms with van der Waals surface area (Å²) in [5.41, 5.74) is 3.16. The maximum atomic E-state index is 14.4. The van der Waals surface area contributed by atoms with Gasteiger partial charge in [0.05, 0.1) is 11.6 Å². The molecule has 0 radical (unpaired) electrons. The Morgan fingerprint density at radius 1 is 0.974 bits per heavy atom. The molecular weight excluding hydrogens is 495 g/mol. The second-order valence-corrected chi connectivity index (χ2v) is 9.96. The Morgan fingerprint density at radius 3 is 2.41 bits per heavy atom. The average molecular weight is 529 g/mol. The van der Waals surface area contributed by atoms with Crippen LogP contribution in [0.25, 0.3) is 10.9 Å². The second-order valence-electron chi connectivity index (χ2n) is 9.96. The number of piperazine rings is 1. The first-order valence-electron chi connectivity index (χ1n) is 13.3. The number of H-pyrrole nitrogens is 1. The highest BCUT2D eigenvalue weighted by atomic mass is 19.1. The summed E-state index contributed by atoms with van der Waals surface area (Å²) in [5.74, 6) is -0.613. The number of hydrogen-bond donors (Lipinski definition) is 3. The highest BCUT2D eigenvalue weighted by Crippen LogP contribution is 2.25. The fourth-order valence-corrected chi connectivity index (χ4v) is 4.91. The molecule has 1 atom stereocenters. The van der Waals surface area contributed by atoms with Crippen LogP contribution in [0.4, 0.5) is 15.9 Å². The third-order valence-electron chi connectivity index (χ3n) is 7.22. The van der Waals surface area contributed by atoms with E-state index in [0.29, 0.717) is 39.8 Å². The molecule has 3 aromatic carbocycles. The second kappa shape index (κ2) is 11.7. The van der Waals surface area contributed by atoms with Crippen LogP contribution in [0, 0.1) is 5.82 Å². The highest BCUT2D eigenvalue weighted by molar-refractivity contribution is 6.09. The van der Waals surface area contributed by atoms with Gasteiger partial charge in [-0.1, -0.05) is 31.5 Å². The lowest BCUT2D eigenvalue weighted by molar-refractivity contribution is 0.0933. The Hall–Kier alpha value is -4.24. The summed E-state index contributed by atoms with van der Waals surface area (Å²) in [6.07, 6.45) is 1.39. The van der Waals surface area contributed by atoms with Gasteiger partial charge in [0.25, 0.3) is 11.8 Å². The molecule has 2 amide bonds. The molecule has 4 aromatic rings. The molecule has 0 bridgehead atoms. The summed E-state index contributed by atoms with van der Waals surface area (Å²) in [6.45, 7) is 5.92.